The molecule has 3 N–H and O–H groups in total. The van der Waals surface area contributed by atoms with Crippen molar-refractivity contribution in [1.82, 2.24) is 9.97 Å². The van der Waals surface area contributed by atoms with Crippen LogP contribution < -0.4 is 11.1 Å². The monoisotopic (exact) mass is 246 g/mol. The summed E-state index contributed by atoms with van der Waals surface area (Å²) in [7, 11) is 0. The highest BCUT2D eigenvalue weighted by molar-refractivity contribution is 7.99. The van der Waals surface area contributed by atoms with Crippen molar-refractivity contribution >= 4 is 34.2 Å². The molecule has 1 unspecified atom stereocenters. The molecule has 1 fully saturated rings. The summed E-state index contributed by atoms with van der Waals surface area (Å²) in [6.45, 7) is 0. The van der Waals surface area contributed by atoms with Crippen LogP contribution in [0.25, 0.3) is 10.9 Å². The summed E-state index contributed by atoms with van der Waals surface area (Å²) in [5, 5.41) is 4.49. The Morgan fingerprint density at radius 3 is 3.12 bits per heavy atom. The van der Waals surface area contributed by atoms with E-state index in [1.165, 1.54) is 12.2 Å². The van der Waals surface area contributed by atoms with E-state index >= 15 is 0 Å². The average Bonchev–Trinajstić information content (AvgIpc) is 2.83. The van der Waals surface area contributed by atoms with Gasteiger partial charge in [0.2, 0.25) is 0 Å². The number of fused-ring (bicyclic) bond motifs is 1. The molecule has 0 radical (unpaired) electrons. The second-order valence-electron chi connectivity index (χ2n) is 4.20. The number of nitrogens with zero attached hydrogens (tertiary/aromatic N) is 2. The van der Waals surface area contributed by atoms with Crippen LogP contribution in [0.5, 0.6) is 0 Å². The molecule has 2 aromatic rings. The van der Waals surface area contributed by atoms with E-state index in [0.717, 1.165) is 28.2 Å². The van der Waals surface area contributed by atoms with Gasteiger partial charge in [0, 0.05) is 22.9 Å². The predicted octanol–water partition coefficient (Wildman–Crippen LogP) is 2.13. The number of nitrogens with one attached hydrogen (secondary N) is 1. The minimum atomic E-state index is 0.513. The zero-order valence-corrected chi connectivity index (χ0v) is 10.2. The van der Waals surface area contributed by atoms with Gasteiger partial charge in [-0.25, -0.2) is 9.97 Å². The molecule has 1 aromatic heterocycles. The molecule has 0 spiro atoms. The molecular weight excluding hydrogens is 232 g/mol. The van der Waals surface area contributed by atoms with E-state index in [4.69, 9.17) is 5.73 Å². The number of benzene rings is 1. The maximum absolute atomic E-state index is 5.81. The van der Waals surface area contributed by atoms with Crippen molar-refractivity contribution in [3.63, 3.8) is 0 Å². The number of nitrogen functional groups attached to an aromatic ring is 1. The molecule has 1 aliphatic heterocycles. The number of thioether (sulfide) groups is 1. The smallest absolute Gasteiger partial charge is 0.137 e. The number of hydrogen-bond donors (Lipinski definition) is 2. The maximum atomic E-state index is 5.81. The number of hydrogen-bond acceptors (Lipinski definition) is 5. The molecular formula is C12H14N4S. The van der Waals surface area contributed by atoms with Gasteiger partial charge in [-0.3, -0.25) is 0 Å². The third-order valence-electron chi connectivity index (χ3n) is 2.93. The summed E-state index contributed by atoms with van der Waals surface area (Å²) in [5.41, 5.74) is 7.49. The predicted molar refractivity (Wildman–Crippen MR) is 73.3 cm³/mol. The second-order valence-corrected chi connectivity index (χ2v) is 5.35. The van der Waals surface area contributed by atoms with E-state index in [2.05, 4.69) is 15.3 Å². The molecule has 0 bridgehead atoms. The molecule has 1 aromatic carbocycles. The van der Waals surface area contributed by atoms with Gasteiger partial charge in [0.15, 0.2) is 0 Å². The van der Waals surface area contributed by atoms with Crippen molar-refractivity contribution in [3.8, 4) is 0 Å². The number of aromatic nitrogens is 2. The van der Waals surface area contributed by atoms with Gasteiger partial charge in [-0.2, -0.15) is 11.8 Å². The van der Waals surface area contributed by atoms with Crippen LogP contribution in [0.2, 0.25) is 0 Å². The van der Waals surface area contributed by atoms with Crippen LogP contribution in [0.1, 0.15) is 6.42 Å². The zero-order valence-electron chi connectivity index (χ0n) is 9.39. The lowest BCUT2D eigenvalue weighted by atomic mass is 10.2. The Bertz CT molecular complexity index is 537. The minimum Gasteiger partial charge on any atom is -0.399 e. The molecule has 17 heavy (non-hydrogen) atoms. The van der Waals surface area contributed by atoms with Gasteiger partial charge in [0.1, 0.15) is 12.1 Å². The van der Waals surface area contributed by atoms with Crippen LogP contribution in [0.4, 0.5) is 11.5 Å². The topological polar surface area (TPSA) is 63.8 Å². The number of nitrogens with two attached hydrogens (primary N) is 1. The van der Waals surface area contributed by atoms with Crippen LogP contribution in [0.15, 0.2) is 24.5 Å². The van der Waals surface area contributed by atoms with Crippen molar-refractivity contribution in [1.29, 1.82) is 0 Å². The lowest BCUT2D eigenvalue weighted by Gasteiger charge is -2.13. The Labute approximate surface area is 104 Å². The highest BCUT2D eigenvalue weighted by atomic mass is 32.2. The molecule has 1 atom stereocenters. The standard InChI is InChI=1S/C12H14N4S/c13-8-1-2-11-10(5-8)12(15-7-14-11)16-9-3-4-17-6-9/h1-2,5,7,9H,3-4,6,13H2,(H,14,15,16). The van der Waals surface area contributed by atoms with Gasteiger partial charge in [0.05, 0.1) is 5.52 Å². The average molecular weight is 246 g/mol. The Morgan fingerprint density at radius 2 is 2.29 bits per heavy atom. The normalized spacial score (nSPS) is 19.6. The maximum Gasteiger partial charge on any atom is 0.137 e. The Kier molecular flexibility index (Phi) is 2.76. The second kappa shape index (κ2) is 4.41. The molecule has 3 rings (SSSR count). The molecule has 0 aliphatic carbocycles. The molecule has 0 amide bonds. The van der Waals surface area contributed by atoms with Gasteiger partial charge in [-0.15, -0.1) is 0 Å². The fraction of sp³-hybridized carbons (Fsp3) is 0.333. The quantitative estimate of drug-likeness (QED) is 0.795. The van der Waals surface area contributed by atoms with E-state index in [-0.39, 0.29) is 0 Å². The van der Waals surface area contributed by atoms with E-state index in [0.29, 0.717) is 6.04 Å². The molecule has 1 aliphatic rings. The molecule has 4 nitrogen and oxygen atoms in total. The van der Waals surface area contributed by atoms with Crippen molar-refractivity contribution in [2.45, 2.75) is 12.5 Å². The minimum absolute atomic E-state index is 0.513. The first-order valence-corrected chi connectivity index (χ1v) is 6.83. The Morgan fingerprint density at radius 1 is 1.35 bits per heavy atom. The summed E-state index contributed by atoms with van der Waals surface area (Å²) in [4.78, 5) is 8.57. The molecule has 5 heteroatoms. The van der Waals surface area contributed by atoms with E-state index < -0.39 is 0 Å². The number of rotatable bonds is 2. The van der Waals surface area contributed by atoms with Gasteiger partial charge in [-0.1, -0.05) is 0 Å². The molecule has 2 heterocycles. The fourth-order valence-electron chi connectivity index (χ4n) is 2.03. The van der Waals surface area contributed by atoms with Crippen LogP contribution in [-0.2, 0) is 0 Å². The number of anilines is 2. The van der Waals surface area contributed by atoms with Crippen LogP contribution in [0.3, 0.4) is 0 Å². The van der Waals surface area contributed by atoms with Crippen LogP contribution in [0, 0.1) is 0 Å². The molecule has 0 saturated carbocycles. The lowest BCUT2D eigenvalue weighted by molar-refractivity contribution is 0.808. The Hall–Kier alpha value is -1.49. The highest BCUT2D eigenvalue weighted by Gasteiger charge is 2.16. The lowest BCUT2D eigenvalue weighted by Crippen LogP contribution is -2.19. The Balaban J connectivity index is 1.99. The van der Waals surface area contributed by atoms with Gasteiger partial charge >= 0.3 is 0 Å². The third-order valence-corrected chi connectivity index (χ3v) is 4.09. The highest BCUT2D eigenvalue weighted by Crippen LogP contribution is 2.25. The van der Waals surface area contributed by atoms with Gasteiger partial charge in [-0.05, 0) is 30.4 Å². The first-order chi connectivity index (χ1) is 8.33. The van der Waals surface area contributed by atoms with E-state index in [9.17, 15) is 0 Å². The molecule has 88 valence electrons. The first kappa shape index (κ1) is 10.7. The van der Waals surface area contributed by atoms with Crippen molar-refractivity contribution in [2.75, 3.05) is 22.6 Å². The largest absolute Gasteiger partial charge is 0.399 e. The summed E-state index contributed by atoms with van der Waals surface area (Å²) < 4.78 is 0. The summed E-state index contributed by atoms with van der Waals surface area (Å²) in [6, 6.07) is 6.24. The first-order valence-electron chi connectivity index (χ1n) is 5.67. The SMILES string of the molecule is Nc1ccc2ncnc(NC3CCSC3)c2c1. The van der Waals surface area contributed by atoms with Gasteiger partial charge in [0.25, 0.3) is 0 Å². The fourth-order valence-corrected chi connectivity index (χ4v) is 3.18. The summed E-state index contributed by atoms with van der Waals surface area (Å²) >= 11 is 1.98. The summed E-state index contributed by atoms with van der Waals surface area (Å²) in [5.74, 6) is 3.27. The third kappa shape index (κ3) is 2.15. The van der Waals surface area contributed by atoms with Crippen LogP contribution in [-0.4, -0.2) is 27.5 Å². The van der Waals surface area contributed by atoms with E-state index in [1.54, 1.807) is 6.33 Å². The van der Waals surface area contributed by atoms with Crippen molar-refractivity contribution in [3.05, 3.63) is 24.5 Å². The van der Waals surface area contributed by atoms with E-state index in [1.807, 2.05) is 30.0 Å². The summed E-state index contributed by atoms with van der Waals surface area (Å²) in [6.07, 6.45) is 2.79. The zero-order chi connectivity index (χ0) is 11.7. The van der Waals surface area contributed by atoms with Crippen LogP contribution >= 0.6 is 11.8 Å². The molecule has 1 saturated heterocycles. The van der Waals surface area contributed by atoms with Crippen molar-refractivity contribution in [2.24, 2.45) is 0 Å². The van der Waals surface area contributed by atoms with Gasteiger partial charge < -0.3 is 11.1 Å². The van der Waals surface area contributed by atoms with Crippen molar-refractivity contribution < 1.29 is 0 Å².